The summed E-state index contributed by atoms with van der Waals surface area (Å²) in [5, 5.41) is 7.53. The summed E-state index contributed by atoms with van der Waals surface area (Å²) in [6.45, 7) is 9.01. The van der Waals surface area contributed by atoms with E-state index in [2.05, 4.69) is 59.6 Å². The molecule has 1 aliphatic rings. The monoisotopic (exact) mass is 285 g/mol. The number of nitrogens with one attached hydrogen (secondary N) is 1. The number of fused-ring (bicyclic) bond motifs is 1. The topological polar surface area (TPSA) is 41.3 Å². The molecule has 0 bridgehead atoms. The van der Waals surface area contributed by atoms with Gasteiger partial charge in [-0.25, -0.2) is 0 Å². The molecule has 112 valence electrons. The summed E-state index contributed by atoms with van der Waals surface area (Å²) in [7, 11) is 0. The second kappa shape index (κ2) is 6.41. The first kappa shape index (κ1) is 14.3. The highest BCUT2D eigenvalue weighted by Crippen LogP contribution is 2.23. The molecular formula is C17H23N3O. The van der Waals surface area contributed by atoms with Crippen LogP contribution in [0.4, 0.5) is 0 Å². The predicted octanol–water partition coefficient (Wildman–Crippen LogP) is 2.94. The molecule has 0 radical (unpaired) electrons. The normalized spacial score (nSPS) is 14.8. The molecule has 0 atom stereocenters. The Hall–Kier alpha value is -1.65. The van der Waals surface area contributed by atoms with E-state index in [1.54, 1.807) is 0 Å². The number of benzene rings is 1. The second-order valence-corrected chi connectivity index (χ2v) is 6.22. The SMILES string of the molecule is CC(C)CNCc1cc(CN2Cc3ccccc3C2)on1. The molecule has 0 saturated carbocycles. The number of hydrogen-bond acceptors (Lipinski definition) is 4. The summed E-state index contributed by atoms with van der Waals surface area (Å²) in [6.07, 6.45) is 0. The van der Waals surface area contributed by atoms with Gasteiger partial charge in [0, 0.05) is 25.7 Å². The van der Waals surface area contributed by atoms with Crippen LogP contribution in [0.1, 0.15) is 36.4 Å². The molecule has 0 amide bonds. The molecular weight excluding hydrogens is 262 g/mol. The molecule has 1 aliphatic heterocycles. The quantitative estimate of drug-likeness (QED) is 0.886. The van der Waals surface area contributed by atoms with Crippen molar-refractivity contribution in [2.45, 2.75) is 40.0 Å². The van der Waals surface area contributed by atoms with E-state index < -0.39 is 0 Å². The highest BCUT2D eigenvalue weighted by atomic mass is 16.5. The molecule has 2 heterocycles. The Bertz CT molecular complexity index is 566. The Balaban J connectivity index is 1.52. The molecule has 0 aliphatic carbocycles. The molecule has 0 fully saturated rings. The van der Waals surface area contributed by atoms with E-state index in [1.165, 1.54) is 11.1 Å². The number of nitrogens with zero attached hydrogens (tertiary/aromatic N) is 2. The maximum absolute atomic E-state index is 5.45. The minimum absolute atomic E-state index is 0.652. The van der Waals surface area contributed by atoms with Crippen LogP contribution < -0.4 is 5.32 Å². The van der Waals surface area contributed by atoms with Gasteiger partial charge in [-0.05, 0) is 23.6 Å². The molecule has 1 aromatic carbocycles. The highest BCUT2D eigenvalue weighted by Gasteiger charge is 2.19. The van der Waals surface area contributed by atoms with Crippen LogP contribution in [0.5, 0.6) is 0 Å². The van der Waals surface area contributed by atoms with Crippen molar-refractivity contribution in [2.75, 3.05) is 6.54 Å². The summed E-state index contributed by atoms with van der Waals surface area (Å²) >= 11 is 0. The fourth-order valence-electron chi connectivity index (χ4n) is 2.74. The van der Waals surface area contributed by atoms with E-state index in [0.717, 1.165) is 44.2 Å². The molecule has 1 N–H and O–H groups in total. The number of rotatable bonds is 6. The molecule has 0 unspecified atom stereocenters. The van der Waals surface area contributed by atoms with Crippen molar-refractivity contribution >= 4 is 0 Å². The van der Waals surface area contributed by atoms with Gasteiger partial charge < -0.3 is 9.84 Å². The van der Waals surface area contributed by atoms with E-state index in [1.807, 2.05) is 0 Å². The Morgan fingerprint density at radius 1 is 1.24 bits per heavy atom. The molecule has 0 saturated heterocycles. The van der Waals surface area contributed by atoms with Crippen LogP contribution >= 0.6 is 0 Å². The summed E-state index contributed by atoms with van der Waals surface area (Å²) in [4.78, 5) is 2.39. The van der Waals surface area contributed by atoms with Crippen LogP contribution in [-0.2, 0) is 26.2 Å². The van der Waals surface area contributed by atoms with Crippen LogP contribution in [0.15, 0.2) is 34.9 Å². The maximum atomic E-state index is 5.45. The van der Waals surface area contributed by atoms with Crippen molar-refractivity contribution < 1.29 is 4.52 Å². The molecule has 0 spiro atoms. The predicted molar refractivity (Wildman–Crippen MR) is 82.4 cm³/mol. The zero-order chi connectivity index (χ0) is 14.7. The maximum Gasteiger partial charge on any atom is 0.151 e. The van der Waals surface area contributed by atoms with Crippen molar-refractivity contribution in [1.29, 1.82) is 0 Å². The summed E-state index contributed by atoms with van der Waals surface area (Å²) in [5.41, 5.74) is 3.84. The lowest BCUT2D eigenvalue weighted by Gasteiger charge is -2.11. The zero-order valence-electron chi connectivity index (χ0n) is 12.8. The van der Waals surface area contributed by atoms with Crippen LogP contribution in [0.3, 0.4) is 0 Å². The zero-order valence-corrected chi connectivity index (χ0v) is 12.8. The van der Waals surface area contributed by atoms with Crippen LogP contribution in [0.25, 0.3) is 0 Å². The van der Waals surface area contributed by atoms with Gasteiger partial charge in [0.25, 0.3) is 0 Å². The minimum atomic E-state index is 0.652. The average Bonchev–Trinajstić information content (AvgIpc) is 3.04. The molecule has 1 aromatic heterocycles. The van der Waals surface area contributed by atoms with Gasteiger partial charge in [-0.3, -0.25) is 4.90 Å². The van der Waals surface area contributed by atoms with Crippen molar-refractivity contribution in [1.82, 2.24) is 15.4 Å². The Kier molecular flexibility index (Phi) is 4.36. The fourth-order valence-corrected chi connectivity index (χ4v) is 2.74. The van der Waals surface area contributed by atoms with Gasteiger partial charge >= 0.3 is 0 Å². The Morgan fingerprint density at radius 3 is 2.62 bits per heavy atom. The van der Waals surface area contributed by atoms with Gasteiger partial charge in [0.15, 0.2) is 5.76 Å². The lowest BCUT2D eigenvalue weighted by molar-refractivity contribution is 0.235. The van der Waals surface area contributed by atoms with E-state index in [4.69, 9.17) is 4.52 Å². The summed E-state index contributed by atoms with van der Waals surface area (Å²) in [5.74, 6) is 1.60. The van der Waals surface area contributed by atoms with Gasteiger partial charge in [-0.15, -0.1) is 0 Å². The first-order chi connectivity index (χ1) is 10.2. The molecule has 3 rings (SSSR count). The van der Waals surface area contributed by atoms with Gasteiger partial charge in [-0.2, -0.15) is 0 Å². The number of hydrogen-bond donors (Lipinski definition) is 1. The number of aromatic nitrogens is 1. The summed E-state index contributed by atoms with van der Waals surface area (Å²) in [6, 6.07) is 10.7. The van der Waals surface area contributed by atoms with Crippen molar-refractivity contribution in [3.63, 3.8) is 0 Å². The van der Waals surface area contributed by atoms with Crippen LogP contribution in [-0.4, -0.2) is 16.6 Å². The van der Waals surface area contributed by atoms with E-state index >= 15 is 0 Å². The lowest BCUT2D eigenvalue weighted by atomic mass is 10.1. The largest absolute Gasteiger partial charge is 0.360 e. The Labute approximate surface area is 126 Å². The molecule has 21 heavy (non-hydrogen) atoms. The molecule has 4 nitrogen and oxygen atoms in total. The third-order valence-corrected chi connectivity index (χ3v) is 3.75. The summed E-state index contributed by atoms with van der Waals surface area (Å²) < 4.78 is 5.45. The molecule has 2 aromatic rings. The average molecular weight is 285 g/mol. The van der Waals surface area contributed by atoms with Crippen LogP contribution in [0.2, 0.25) is 0 Å². The Morgan fingerprint density at radius 2 is 1.95 bits per heavy atom. The second-order valence-electron chi connectivity index (χ2n) is 6.22. The highest BCUT2D eigenvalue weighted by molar-refractivity contribution is 5.30. The minimum Gasteiger partial charge on any atom is -0.360 e. The smallest absolute Gasteiger partial charge is 0.151 e. The van der Waals surface area contributed by atoms with E-state index in [0.29, 0.717) is 5.92 Å². The van der Waals surface area contributed by atoms with Gasteiger partial charge in [0.05, 0.1) is 12.2 Å². The van der Waals surface area contributed by atoms with Gasteiger partial charge in [0.1, 0.15) is 0 Å². The third-order valence-electron chi connectivity index (χ3n) is 3.75. The standard InChI is InChI=1S/C17H23N3O/c1-13(2)8-18-9-16-7-17(21-19-16)12-20-10-14-5-3-4-6-15(14)11-20/h3-7,13,18H,8-12H2,1-2H3. The molecule has 4 heteroatoms. The van der Waals surface area contributed by atoms with E-state index in [9.17, 15) is 0 Å². The van der Waals surface area contributed by atoms with Crippen molar-refractivity contribution in [3.8, 4) is 0 Å². The first-order valence-corrected chi connectivity index (χ1v) is 7.65. The lowest BCUT2D eigenvalue weighted by Crippen LogP contribution is -2.19. The van der Waals surface area contributed by atoms with Crippen LogP contribution in [0, 0.1) is 5.92 Å². The first-order valence-electron chi connectivity index (χ1n) is 7.65. The third kappa shape index (κ3) is 3.71. The van der Waals surface area contributed by atoms with E-state index in [-0.39, 0.29) is 0 Å². The fraction of sp³-hybridized carbons (Fsp3) is 0.471. The van der Waals surface area contributed by atoms with Gasteiger partial charge in [-0.1, -0.05) is 43.3 Å². The van der Waals surface area contributed by atoms with Gasteiger partial charge in [0.2, 0.25) is 0 Å². The van der Waals surface area contributed by atoms with Crippen molar-refractivity contribution in [3.05, 3.63) is 52.9 Å². The van der Waals surface area contributed by atoms with Crippen molar-refractivity contribution in [2.24, 2.45) is 5.92 Å².